The molecule has 0 aliphatic rings. The Labute approximate surface area is 99.8 Å². The van der Waals surface area contributed by atoms with Crippen LogP contribution in [0.1, 0.15) is 13.3 Å². The summed E-state index contributed by atoms with van der Waals surface area (Å²) in [6.07, 6.45) is 0.778. The molecule has 0 aliphatic carbocycles. The highest BCUT2D eigenvalue weighted by Gasteiger charge is 2.16. The average Bonchev–Trinajstić information content (AvgIpc) is 2.18. The van der Waals surface area contributed by atoms with Crippen molar-refractivity contribution in [2.45, 2.75) is 23.8 Å². The van der Waals surface area contributed by atoms with Crippen LogP contribution in [0.4, 0.5) is 0 Å². The quantitative estimate of drug-likeness (QED) is 0.784. The van der Waals surface area contributed by atoms with E-state index in [1.807, 2.05) is 31.2 Å². The lowest BCUT2D eigenvalue weighted by Crippen LogP contribution is -2.40. The summed E-state index contributed by atoms with van der Waals surface area (Å²) in [5, 5.41) is 9.73. The summed E-state index contributed by atoms with van der Waals surface area (Å²) >= 11 is 7.56. The molecule has 0 saturated carbocycles. The first kappa shape index (κ1) is 12.8. The summed E-state index contributed by atoms with van der Waals surface area (Å²) in [7, 11) is 0. The molecule has 1 aromatic rings. The minimum atomic E-state index is -0.481. The first-order chi connectivity index (χ1) is 7.03. The minimum Gasteiger partial charge on any atom is -0.394 e. The van der Waals surface area contributed by atoms with Gasteiger partial charge in [-0.1, -0.05) is 17.7 Å². The molecule has 0 spiro atoms. The van der Waals surface area contributed by atoms with Gasteiger partial charge in [0, 0.05) is 15.5 Å². The van der Waals surface area contributed by atoms with Crippen molar-refractivity contribution in [3.8, 4) is 0 Å². The number of aliphatic hydroxyl groups excluding tert-OH is 1. The van der Waals surface area contributed by atoms with Gasteiger partial charge in [0.15, 0.2) is 0 Å². The molecule has 0 bridgehead atoms. The summed E-state index contributed by atoms with van der Waals surface area (Å²) < 4.78 is 0. The Morgan fingerprint density at radius 3 is 2.87 bits per heavy atom. The molecule has 0 aliphatic heterocycles. The van der Waals surface area contributed by atoms with E-state index in [2.05, 4.69) is 0 Å². The van der Waals surface area contributed by atoms with Gasteiger partial charge < -0.3 is 10.8 Å². The molecule has 1 atom stereocenters. The number of aliphatic hydroxyl groups is 1. The zero-order valence-electron chi connectivity index (χ0n) is 8.74. The molecule has 84 valence electrons. The summed E-state index contributed by atoms with van der Waals surface area (Å²) in [6, 6.07) is 7.73. The number of nitrogens with two attached hydrogens (primary N) is 1. The topological polar surface area (TPSA) is 46.2 Å². The third-order valence-electron chi connectivity index (χ3n) is 2.10. The summed E-state index contributed by atoms with van der Waals surface area (Å²) in [5.41, 5.74) is 5.34. The molecule has 0 saturated heterocycles. The van der Waals surface area contributed by atoms with Crippen LogP contribution >= 0.6 is 23.4 Å². The maximum atomic E-state index is 8.98. The Hall–Kier alpha value is -0.220. The highest BCUT2D eigenvalue weighted by atomic mass is 35.5. The number of rotatable bonds is 5. The maximum absolute atomic E-state index is 8.98. The predicted molar refractivity (Wildman–Crippen MR) is 66.5 cm³/mol. The van der Waals surface area contributed by atoms with Gasteiger partial charge in [-0.25, -0.2) is 0 Å². The molecular weight excluding hydrogens is 230 g/mol. The second-order valence-electron chi connectivity index (χ2n) is 3.87. The first-order valence-corrected chi connectivity index (χ1v) is 6.18. The van der Waals surface area contributed by atoms with Gasteiger partial charge in [-0.15, -0.1) is 11.8 Å². The minimum absolute atomic E-state index is 0.0170. The van der Waals surface area contributed by atoms with E-state index in [4.69, 9.17) is 22.4 Å². The van der Waals surface area contributed by atoms with E-state index in [9.17, 15) is 0 Å². The highest BCUT2D eigenvalue weighted by molar-refractivity contribution is 7.99. The number of benzene rings is 1. The molecule has 3 N–H and O–H groups in total. The lowest BCUT2D eigenvalue weighted by Gasteiger charge is -2.20. The van der Waals surface area contributed by atoms with E-state index < -0.39 is 5.54 Å². The predicted octanol–water partition coefficient (Wildman–Crippen LogP) is 2.53. The highest BCUT2D eigenvalue weighted by Crippen LogP contribution is 2.23. The Kier molecular flexibility index (Phi) is 4.93. The van der Waals surface area contributed by atoms with Crippen LogP contribution in [-0.2, 0) is 0 Å². The molecule has 0 radical (unpaired) electrons. The Bertz CT molecular complexity index is 317. The third-order valence-corrected chi connectivity index (χ3v) is 3.33. The molecule has 15 heavy (non-hydrogen) atoms. The maximum Gasteiger partial charge on any atom is 0.0608 e. The molecular formula is C11H16ClNOS. The van der Waals surface area contributed by atoms with Crippen molar-refractivity contribution < 1.29 is 5.11 Å². The van der Waals surface area contributed by atoms with Gasteiger partial charge in [0.2, 0.25) is 0 Å². The molecule has 0 amide bonds. The normalized spacial score (nSPS) is 14.9. The van der Waals surface area contributed by atoms with Crippen LogP contribution in [0.2, 0.25) is 5.02 Å². The summed E-state index contributed by atoms with van der Waals surface area (Å²) in [4.78, 5) is 1.14. The van der Waals surface area contributed by atoms with Gasteiger partial charge in [0.25, 0.3) is 0 Å². The van der Waals surface area contributed by atoms with Crippen molar-refractivity contribution in [3.05, 3.63) is 29.3 Å². The van der Waals surface area contributed by atoms with Gasteiger partial charge in [0.05, 0.1) is 6.61 Å². The lowest BCUT2D eigenvalue weighted by molar-refractivity contribution is 0.206. The van der Waals surface area contributed by atoms with E-state index in [0.717, 1.165) is 22.1 Å². The number of hydrogen-bond donors (Lipinski definition) is 2. The van der Waals surface area contributed by atoms with E-state index >= 15 is 0 Å². The van der Waals surface area contributed by atoms with Crippen LogP contribution in [0.3, 0.4) is 0 Å². The molecule has 1 aromatic carbocycles. The van der Waals surface area contributed by atoms with E-state index in [1.165, 1.54) is 0 Å². The second-order valence-corrected chi connectivity index (χ2v) is 5.47. The van der Waals surface area contributed by atoms with E-state index in [0.29, 0.717) is 0 Å². The number of hydrogen-bond acceptors (Lipinski definition) is 3. The Morgan fingerprint density at radius 1 is 1.53 bits per heavy atom. The average molecular weight is 246 g/mol. The second kappa shape index (κ2) is 5.75. The van der Waals surface area contributed by atoms with E-state index in [-0.39, 0.29) is 6.61 Å². The van der Waals surface area contributed by atoms with Gasteiger partial charge in [-0.2, -0.15) is 0 Å². The molecule has 1 unspecified atom stereocenters. The van der Waals surface area contributed by atoms with Crippen molar-refractivity contribution in [2.24, 2.45) is 5.73 Å². The number of thioether (sulfide) groups is 1. The van der Waals surface area contributed by atoms with Crippen LogP contribution in [-0.4, -0.2) is 23.0 Å². The molecule has 0 aromatic heterocycles. The fourth-order valence-electron chi connectivity index (χ4n) is 1.04. The monoisotopic (exact) mass is 245 g/mol. The first-order valence-electron chi connectivity index (χ1n) is 4.82. The van der Waals surface area contributed by atoms with Crippen molar-refractivity contribution in [3.63, 3.8) is 0 Å². The van der Waals surface area contributed by atoms with Gasteiger partial charge >= 0.3 is 0 Å². The molecule has 4 heteroatoms. The van der Waals surface area contributed by atoms with Crippen molar-refractivity contribution in [1.29, 1.82) is 0 Å². The largest absolute Gasteiger partial charge is 0.394 e. The Balaban J connectivity index is 2.38. The molecule has 0 fully saturated rings. The Morgan fingerprint density at radius 2 is 2.27 bits per heavy atom. The smallest absolute Gasteiger partial charge is 0.0608 e. The SMILES string of the molecule is CC(N)(CO)CCSc1cccc(Cl)c1. The number of halogens is 1. The van der Waals surface area contributed by atoms with Crippen LogP contribution in [0, 0.1) is 0 Å². The molecule has 2 nitrogen and oxygen atoms in total. The van der Waals surface area contributed by atoms with Gasteiger partial charge in [0.1, 0.15) is 0 Å². The van der Waals surface area contributed by atoms with Crippen LogP contribution in [0.25, 0.3) is 0 Å². The van der Waals surface area contributed by atoms with Crippen molar-refractivity contribution >= 4 is 23.4 Å². The van der Waals surface area contributed by atoms with Crippen molar-refractivity contribution in [2.75, 3.05) is 12.4 Å². The van der Waals surface area contributed by atoms with Crippen LogP contribution in [0.15, 0.2) is 29.2 Å². The van der Waals surface area contributed by atoms with Gasteiger partial charge in [-0.3, -0.25) is 0 Å². The zero-order chi connectivity index (χ0) is 11.3. The van der Waals surface area contributed by atoms with Crippen LogP contribution < -0.4 is 5.73 Å². The van der Waals surface area contributed by atoms with Gasteiger partial charge in [-0.05, 0) is 37.3 Å². The van der Waals surface area contributed by atoms with E-state index in [1.54, 1.807) is 11.8 Å². The summed E-state index contributed by atoms with van der Waals surface area (Å²) in [5.74, 6) is 0.883. The lowest BCUT2D eigenvalue weighted by atomic mass is 10.0. The van der Waals surface area contributed by atoms with Crippen LogP contribution in [0.5, 0.6) is 0 Å². The molecule has 1 rings (SSSR count). The molecule has 0 heterocycles. The fourth-order valence-corrected chi connectivity index (χ4v) is 2.48. The standard InChI is InChI=1S/C11H16ClNOS/c1-11(13,8-14)5-6-15-10-4-2-3-9(12)7-10/h2-4,7,14H,5-6,8,13H2,1H3. The summed E-state index contributed by atoms with van der Waals surface area (Å²) in [6.45, 7) is 1.87. The van der Waals surface area contributed by atoms with Crippen molar-refractivity contribution in [1.82, 2.24) is 0 Å². The fraction of sp³-hybridized carbons (Fsp3) is 0.455. The third kappa shape index (κ3) is 4.89. The zero-order valence-corrected chi connectivity index (χ0v) is 10.3.